The van der Waals surface area contributed by atoms with Crippen LogP contribution in [0.25, 0.3) is 0 Å². The van der Waals surface area contributed by atoms with E-state index in [1.807, 2.05) is 24.3 Å². The molecule has 212 valence electrons. The summed E-state index contributed by atoms with van der Waals surface area (Å²) in [6, 6.07) is 18.8. The minimum atomic E-state index is -4.21. The molecule has 11 heteroatoms. The van der Waals surface area contributed by atoms with Crippen LogP contribution >= 0.6 is 39.1 Å². The van der Waals surface area contributed by atoms with E-state index >= 15 is 0 Å². The van der Waals surface area contributed by atoms with E-state index in [1.165, 1.54) is 35.2 Å². The van der Waals surface area contributed by atoms with Gasteiger partial charge >= 0.3 is 0 Å². The van der Waals surface area contributed by atoms with Gasteiger partial charge in [-0.1, -0.05) is 82.3 Å². The van der Waals surface area contributed by atoms with Crippen molar-refractivity contribution < 1.29 is 18.0 Å². The molecule has 3 aromatic rings. The third-order valence-electron chi connectivity index (χ3n) is 6.92. The second kappa shape index (κ2) is 13.4. The van der Waals surface area contributed by atoms with Crippen LogP contribution in [0.3, 0.4) is 0 Å². The molecular weight excluding hydrogens is 637 g/mol. The van der Waals surface area contributed by atoms with Crippen LogP contribution in [0.4, 0.5) is 5.69 Å². The van der Waals surface area contributed by atoms with Gasteiger partial charge in [0.05, 0.1) is 15.6 Å². The van der Waals surface area contributed by atoms with Crippen LogP contribution in [0, 0.1) is 0 Å². The number of sulfonamides is 1. The lowest BCUT2D eigenvalue weighted by molar-refractivity contribution is -0.139. The quantitative estimate of drug-likeness (QED) is 0.270. The average molecular weight is 667 g/mol. The van der Waals surface area contributed by atoms with Gasteiger partial charge in [0.25, 0.3) is 10.0 Å². The van der Waals surface area contributed by atoms with Gasteiger partial charge < -0.3 is 10.2 Å². The first-order chi connectivity index (χ1) is 19.1. The predicted molar refractivity (Wildman–Crippen MR) is 162 cm³/mol. The highest BCUT2D eigenvalue weighted by Crippen LogP contribution is 2.33. The number of amides is 2. The van der Waals surface area contributed by atoms with Crippen LogP contribution in [0.15, 0.2) is 82.2 Å². The molecule has 40 heavy (non-hydrogen) atoms. The number of hydrogen-bond acceptors (Lipinski definition) is 4. The molecule has 1 saturated carbocycles. The van der Waals surface area contributed by atoms with Crippen molar-refractivity contribution in [3.63, 3.8) is 0 Å². The van der Waals surface area contributed by atoms with Crippen molar-refractivity contribution in [2.45, 2.75) is 56.1 Å². The number of hydrogen-bond donors (Lipinski definition) is 1. The molecule has 1 fully saturated rings. The summed E-state index contributed by atoms with van der Waals surface area (Å²) in [6.45, 7) is 1.20. The maximum Gasteiger partial charge on any atom is 0.264 e. The Morgan fingerprint density at radius 3 is 2.27 bits per heavy atom. The number of carbonyl (C=O) groups is 2. The number of halogens is 3. The fourth-order valence-electron chi connectivity index (χ4n) is 4.68. The summed E-state index contributed by atoms with van der Waals surface area (Å²) in [5.74, 6) is -0.832. The Morgan fingerprint density at radius 1 is 1.00 bits per heavy atom. The van der Waals surface area contributed by atoms with Crippen LogP contribution in [0.1, 0.15) is 38.2 Å². The summed E-state index contributed by atoms with van der Waals surface area (Å²) >= 11 is 15.9. The largest absolute Gasteiger partial charge is 0.352 e. The highest BCUT2D eigenvalue weighted by atomic mass is 79.9. The van der Waals surface area contributed by atoms with Crippen molar-refractivity contribution in [1.29, 1.82) is 0 Å². The van der Waals surface area contributed by atoms with Crippen molar-refractivity contribution in [3.05, 3.63) is 92.9 Å². The van der Waals surface area contributed by atoms with Gasteiger partial charge in [-0.2, -0.15) is 0 Å². The summed E-state index contributed by atoms with van der Waals surface area (Å²) in [7, 11) is -4.21. The van der Waals surface area contributed by atoms with E-state index in [4.69, 9.17) is 23.2 Å². The van der Waals surface area contributed by atoms with E-state index in [0.29, 0.717) is 5.02 Å². The fraction of sp³-hybridized carbons (Fsp3) is 0.310. The van der Waals surface area contributed by atoms with Crippen LogP contribution in [0.2, 0.25) is 10.0 Å². The number of benzene rings is 3. The zero-order chi connectivity index (χ0) is 28.9. The molecule has 0 aliphatic heterocycles. The van der Waals surface area contributed by atoms with Gasteiger partial charge in [-0.05, 0) is 67.8 Å². The molecule has 2 amide bonds. The predicted octanol–water partition coefficient (Wildman–Crippen LogP) is 6.43. The Morgan fingerprint density at radius 2 is 1.65 bits per heavy atom. The Labute approximate surface area is 253 Å². The van der Waals surface area contributed by atoms with E-state index in [2.05, 4.69) is 21.2 Å². The molecule has 0 aromatic heterocycles. The van der Waals surface area contributed by atoms with Gasteiger partial charge in [0.15, 0.2) is 0 Å². The topological polar surface area (TPSA) is 86.8 Å². The van der Waals surface area contributed by atoms with E-state index in [9.17, 15) is 18.0 Å². The van der Waals surface area contributed by atoms with Gasteiger partial charge in [0.1, 0.15) is 12.6 Å². The number of nitrogens with one attached hydrogen (secondary N) is 1. The molecule has 7 nitrogen and oxygen atoms in total. The highest BCUT2D eigenvalue weighted by molar-refractivity contribution is 9.10. The van der Waals surface area contributed by atoms with Gasteiger partial charge in [0.2, 0.25) is 11.8 Å². The zero-order valence-electron chi connectivity index (χ0n) is 21.9. The number of carbonyl (C=O) groups excluding carboxylic acids is 2. The van der Waals surface area contributed by atoms with Crippen LogP contribution in [-0.4, -0.2) is 43.8 Å². The van der Waals surface area contributed by atoms with Crippen molar-refractivity contribution in [2.24, 2.45) is 0 Å². The third kappa shape index (κ3) is 7.37. The Balaban J connectivity index is 1.70. The van der Waals surface area contributed by atoms with Gasteiger partial charge in [-0.25, -0.2) is 8.42 Å². The van der Waals surface area contributed by atoms with Crippen LogP contribution in [-0.2, 0) is 26.2 Å². The summed E-state index contributed by atoms with van der Waals surface area (Å²) in [5.41, 5.74) is 0.897. The van der Waals surface area contributed by atoms with Gasteiger partial charge in [-0.15, -0.1) is 0 Å². The molecule has 1 aliphatic carbocycles. The van der Waals surface area contributed by atoms with Gasteiger partial charge in [-0.3, -0.25) is 13.9 Å². The number of rotatable bonds is 10. The zero-order valence-corrected chi connectivity index (χ0v) is 25.8. The first kappa shape index (κ1) is 30.4. The standard InChI is InChI=1S/C29H30BrCl2N3O4S/c1-20(29(37)33-24-7-5-6-8-24)34(18-21-11-13-22(30)14-12-21)28(36)19-35(27-16-15-23(31)17-26(27)32)40(38,39)25-9-3-2-4-10-25/h2-4,9-17,20,24H,5-8,18-19H2,1H3,(H,33,37)/t20-/m1/s1. The van der Waals surface area contributed by atoms with Crippen molar-refractivity contribution in [3.8, 4) is 0 Å². The Bertz CT molecular complexity index is 1450. The molecule has 3 aromatic carbocycles. The number of anilines is 1. The van der Waals surface area contributed by atoms with Crippen molar-refractivity contribution >= 4 is 66.7 Å². The smallest absolute Gasteiger partial charge is 0.264 e. The average Bonchev–Trinajstić information content (AvgIpc) is 3.45. The molecule has 1 atom stereocenters. The molecular formula is C29H30BrCl2N3O4S. The van der Waals surface area contributed by atoms with E-state index in [-0.39, 0.29) is 34.1 Å². The molecule has 1 aliphatic rings. The molecule has 4 rings (SSSR count). The number of nitrogens with zero attached hydrogens (tertiary/aromatic N) is 2. The SMILES string of the molecule is C[C@H](C(=O)NC1CCCC1)N(Cc1ccc(Br)cc1)C(=O)CN(c1ccc(Cl)cc1Cl)S(=O)(=O)c1ccccc1. The summed E-state index contributed by atoms with van der Waals surface area (Å²) < 4.78 is 29.5. The highest BCUT2D eigenvalue weighted by Gasteiger charge is 2.34. The third-order valence-corrected chi connectivity index (χ3v) is 9.76. The first-order valence-electron chi connectivity index (χ1n) is 12.9. The Kier molecular flexibility index (Phi) is 10.2. The maximum atomic E-state index is 14.0. The second-order valence-corrected chi connectivity index (χ2v) is 13.4. The fourth-order valence-corrected chi connectivity index (χ4v) is 6.96. The second-order valence-electron chi connectivity index (χ2n) is 9.73. The van der Waals surface area contributed by atoms with Gasteiger partial charge in [0, 0.05) is 22.1 Å². The summed E-state index contributed by atoms with van der Waals surface area (Å²) in [4.78, 5) is 28.7. The van der Waals surface area contributed by atoms with Crippen molar-refractivity contribution in [1.82, 2.24) is 10.2 Å². The lowest BCUT2D eigenvalue weighted by Gasteiger charge is -2.32. The maximum absolute atomic E-state index is 14.0. The summed E-state index contributed by atoms with van der Waals surface area (Å²) in [6.07, 6.45) is 3.90. The first-order valence-corrected chi connectivity index (χ1v) is 15.9. The minimum absolute atomic E-state index is 0.000279. The molecule has 0 heterocycles. The minimum Gasteiger partial charge on any atom is -0.352 e. The molecule has 0 bridgehead atoms. The lowest BCUT2D eigenvalue weighted by atomic mass is 10.1. The molecule has 0 saturated heterocycles. The van der Waals surface area contributed by atoms with E-state index in [0.717, 1.165) is 40.0 Å². The van der Waals surface area contributed by atoms with Crippen LogP contribution < -0.4 is 9.62 Å². The monoisotopic (exact) mass is 665 g/mol. The van der Waals surface area contributed by atoms with E-state index < -0.39 is 28.5 Å². The Hall–Kier alpha value is -2.59. The molecule has 0 spiro atoms. The molecule has 1 N–H and O–H groups in total. The lowest BCUT2D eigenvalue weighted by Crippen LogP contribution is -2.52. The normalized spacial score (nSPS) is 14.5. The summed E-state index contributed by atoms with van der Waals surface area (Å²) in [5, 5.41) is 3.46. The van der Waals surface area contributed by atoms with Crippen LogP contribution in [0.5, 0.6) is 0 Å². The van der Waals surface area contributed by atoms with E-state index in [1.54, 1.807) is 25.1 Å². The molecule has 0 unspecified atom stereocenters. The molecule has 0 radical (unpaired) electrons. The van der Waals surface area contributed by atoms with Crippen molar-refractivity contribution in [2.75, 3.05) is 10.8 Å².